The third-order valence-electron chi connectivity index (χ3n) is 7.27. The number of carbonyl (C=O) groups excluding carboxylic acids is 3. The third-order valence-corrected chi connectivity index (χ3v) is 8.62. The Morgan fingerprint density at radius 3 is 2.29 bits per heavy atom. The molecule has 184 valence electrons. The highest BCUT2D eigenvalue weighted by atomic mass is 32.2. The molecule has 2 aliphatic heterocycles. The van der Waals surface area contributed by atoms with Gasteiger partial charge in [0.05, 0.1) is 12.5 Å². The summed E-state index contributed by atoms with van der Waals surface area (Å²) in [6.07, 6.45) is 3.33. The van der Waals surface area contributed by atoms with E-state index in [0.29, 0.717) is 29.7 Å². The second-order valence-electron chi connectivity index (χ2n) is 9.62. The van der Waals surface area contributed by atoms with E-state index in [1.165, 1.54) is 17.0 Å². The van der Waals surface area contributed by atoms with E-state index in [4.69, 9.17) is 4.74 Å². The van der Waals surface area contributed by atoms with Gasteiger partial charge in [-0.2, -0.15) is 0 Å². The quantitative estimate of drug-likeness (QED) is 0.539. The molecule has 0 radical (unpaired) electrons. The highest BCUT2D eigenvalue weighted by Gasteiger charge is 2.57. The number of thioether (sulfide) groups is 1. The molecule has 0 spiro atoms. The van der Waals surface area contributed by atoms with Gasteiger partial charge >= 0.3 is 0 Å². The van der Waals surface area contributed by atoms with Crippen LogP contribution >= 0.6 is 11.8 Å². The molecule has 0 aromatic heterocycles. The number of rotatable bonds is 7. The maximum absolute atomic E-state index is 13.6. The zero-order valence-electron chi connectivity index (χ0n) is 19.7. The fraction of sp³-hybridized carbons (Fsp3) is 0.444. The van der Waals surface area contributed by atoms with Gasteiger partial charge in [-0.25, -0.2) is 4.39 Å². The van der Waals surface area contributed by atoms with Crippen LogP contribution in [0.5, 0.6) is 5.75 Å². The largest absolute Gasteiger partial charge is 0.497 e. The Morgan fingerprint density at radius 1 is 1.03 bits per heavy atom. The number of carbonyl (C=O) groups is 3. The molecule has 1 atom stereocenters. The number of imide groups is 1. The van der Waals surface area contributed by atoms with Crippen molar-refractivity contribution in [2.24, 2.45) is 0 Å². The van der Waals surface area contributed by atoms with E-state index >= 15 is 0 Å². The Kier molecular flexibility index (Phi) is 6.57. The van der Waals surface area contributed by atoms with E-state index in [1.54, 1.807) is 55.3 Å². The maximum atomic E-state index is 13.6. The van der Waals surface area contributed by atoms with E-state index in [2.05, 4.69) is 0 Å². The molecule has 3 aliphatic rings. The summed E-state index contributed by atoms with van der Waals surface area (Å²) in [6, 6.07) is 13.6. The van der Waals surface area contributed by atoms with Crippen molar-refractivity contribution in [3.63, 3.8) is 0 Å². The smallest absolute Gasteiger partial charge is 0.241 e. The fourth-order valence-electron chi connectivity index (χ4n) is 5.14. The van der Waals surface area contributed by atoms with Gasteiger partial charge in [-0.1, -0.05) is 12.1 Å². The second-order valence-corrected chi connectivity index (χ2v) is 11.0. The van der Waals surface area contributed by atoms with Gasteiger partial charge in [0.25, 0.3) is 0 Å². The number of methoxy groups -OCH3 is 1. The van der Waals surface area contributed by atoms with Crippen molar-refractivity contribution in [3.8, 4) is 5.75 Å². The number of hydrogen-bond acceptors (Lipinski definition) is 5. The van der Waals surface area contributed by atoms with Crippen molar-refractivity contribution in [2.75, 3.05) is 20.2 Å². The first-order chi connectivity index (χ1) is 16.9. The number of benzene rings is 2. The number of amides is 3. The van der Waals surface area contributed by atoms with Crippen LogP contribution in [0.1, 0.15) is 44.1 Å². The molecule has 35 heavy (non-hydrogen) atoms. The summed E-state index contributed by atoms with van der Waals surface area (Å²) < 4.78 is 18.4. The second kappa shape index (κ2) is 9.64. The Morgan fingerprint density at radius 2 is 1.69 bits per heavy atom. The highest BCUT2D eigenvalue weighted by Crippen LogP contribution is 2.45. The molecular weight excluding hydrogens is 467 g/mol. The van der Waals surface area contributed by atoms with Crippen LogP contribution in [0.4, 0.5) is 4.39 Å². The van der Waals surface area contributed by atoms with Crippen LogP contribution in [0.25, 0.3) is 0 Å². The topological polar surface area (TPSA) is 66.9 Å². The van der Waals surface area contributed by atoms with Crippen LogP contribution in [0.15, 0.2) is 53.4 Å². The van der Waals surface area contributed by atoms with Crippen LogP contribution in [-0.2, 0) is 19.8 Å². The summed E-state index contributed by atoms with van der Waals surface area (Å²) in [5.41, 5.74) is -0.474. The number of piperidine rings is 1. The zero-order valence-corrected chi connectivity index (χ0v) is 20.6. The molecule has 3 fully saturated rings. The van der Waals surface area contributed by atoms with Crippen LogP contribution in [0, 0.1) is 5.82 Å². The first kappa shape index (κ1) is 23.9. The van der Waals surface area contributed by atoms with E-state index in [1.807, 2.05) is 4.90 Å². The minimum atomic E-state index is -1.16. The lowest BCUT2D eigenvalue weighted by atomic mass is 9.75. The van der Waals surface area contributed by atoms with Gasteiger partial charge in [0.15, 0.2) is 0 Å². The minimum absolute atomic E-state index is 0.0110. The van der Waals surface area contributed by atoms with Gasteiger partial charge in [-0.05, 0) is 67.6 Å². The van der Waals surface area contributed by atoms with Crippen LogP contribution in [0.3, 0.4) is 0 Å². The lowest BCUT2D eigenvalue weighted by molar-refractivity contribution is -0.143. The molecule has 6 nitrogen and oxygen atoms in total. The standard InChI is InChI=1S/C27H29FN2O4S/c1-34-21-8-2-18(3-9-21)27(17-25(32)30(26(27)33)20-6-7-20)16-24(31)29-14-12-23(13-15-29)35-22-10-4-19(28)5-11-22/h2-5,8-11,20,23H,6-7,12-17H2,1H3/t27-/m0/s1. The van der Waals surface area contributed by atoms with Gasteiger partial charge in [0.1, 0.15) is 11.6 Å². The van der Waals surface area contributed by atoms with Crippen molar-refractivity contribution in [3.05, 3.63) is 59.9 Å². The van der Waals surface area contributed by atoms with Gasteiger partial charge in [-0.15, -0.1) is 11.8 Å². The predicted molar refractivity (Wildman–Crippen MR) is 131 cm³/mol. The van der Waals surface area contributed by atoms with E-state index in [0.717, 1.165) is 30.6 Å². The molecule has 0 unspecified atom stereocenters. The summed E-state index contributed by atoms with van der Waals surface area (Å²) in [6.45, 7) is 1.20. The van der Waals surface area contributed by atoms with Gasteiger partial charge < -0.3 is 9.64 Å². The number of nitrogens with zero attached hydrogens (tertiary/aromatic N) is 2. The maximum Gasteiger partial charge on any atom is 0.241 e. The molecule has 0 N–H and O–H groups in total. The average molecular weight is 497 g/mol. The summed E-state index contributed by atoms with van der Waals surface area (Å²) >= 11 is 1.71. The lowest BCUT2D eigenvalue weighted by Crippen LogP contribution is -2.46. The Labute approximate surface area is 208 Å². The molecule has 5 rings (SSSR count). The van der Waals surface area contributed by atoms with Crippen molar-refractivity contribution in [2.45, 2.75) is 60.1 Å². The first-order valence-corrected chi connectivity index (χ1v) is 13.0. The molecule has 2 heterocycles. The predicted octanol–water partition coefficient (Wildman–Crippen LogP) is 4.17. The molecular formula is C27H29FN2O4S. The summed E-state index contributed by atoms with van der Waals surface area (Å²) in [4.78, 5) is 44.3. The zero-order chi connectivity index (χ0) is 24.6. The molecule has 2 saturated heterocycles. The normalized spacial score (nSPS) is 23.1. The van der Waals surface area contributed by atoms with Gasteiger partial charge in [-0.3, -0.25) is 19.3 Å². The number of ether oxygens (including phenoxy) is 1. The number of halogens is 1. The van der Waals surface area contributed by atoms with E-state index < -0.39 is 5.41 Å². The first-order valence-electron chi connectivity index (χ1n) is 12.1. The monoisotopic (exact) mass is 496 g/mol. The third kappa shape index (κ3) is 4.81. The fourth-order valence-corrected chi connectivity index (χ4v) is 6.26. The van der Waals surface area contributed by atoms with E-state index in [9.17, 15) is 18.8 Å². The van der Waals surface area contributed by atoms with E-state index in [-0.39, 0.29) is 42.4 Å². The molecule has 1 saturated carbocycles. The van der Waals surface area contributed by atoms with Crippen LogP contribution < -0.4 is 4.74 Å². The molecule has 3 amide bonds. The number of likely N-dealkylation sites (tertiary alicyclic amines) is 2. The number of hydrogen-bond donors (Lipinski definition) is 0. The molecule has 2 aromatic rings. The Balaban J connectivity index is 1.29. The highest BCUT2D eigenvalue weighted by molar-refractivity contribution is 8.00. The van der Waals surface area contributed by atoms with Crippen LogP contribution in [-0.4, -0.2) is 59.0 Å². The molecule has 2 aromatic carbocycles. The Hall–Kier alpha value is -2.87. The molecule has 8 heteroatoms. The van der Waals surface area contributed by atoms with Gasteiger partial charge in [0, 0.05) is 42.1 Å². The molecule has 0 bridgehead atoms. The van der Waals surface area contributed by atoms with Crippen molar-refractivity contribution >= 4 is 29.5 Å². The summed E-state index contributed by atoms with van der Waals surface area (Å²) in [7, 11) is 1.57. The minimum Gasteiger partial charge on any atom is -0.497 e. The molecule has 1 aliphatic carbocycles. The average Bonchev–Trinajstić information content (AvgIpc) is 3.67. The van der Waals surface area contributed by atoms with Crippen molar-refractivity contribution in [1.82, 2.24) is 9.80 Å². The summed E-state index contributed by atoms with van der Waals surface area (Å²) in [5, 5.41) is 0.347. The van der Waals surface area contributed by atoms with Crippen molar-refractivity contribution < 1.29 is 23.5 Å². The van der Waals surface area contributed by atoms with Gasteiger partial charge in [0.2, 0.25) is 17.7 Å². The summed E-state index contributed by atoms with van der Waals surface area (Å²) in [5.74, 6) is -0.113. The van der Waals surface area contributed by atoms with Crippen LogP contribution in [0.2, 0.25) is 0 Å². The van der Waals surface area contributed by atoms with Crippen molar-refractivity contribution in [1.29, 1.82) is 0 Å². The Bertz CT molecular complexity index is 1110. The SMILES string of the molecule is COc1ccc([C@]2(CC(=O)N3CCC(Sc4ccc(F)cc4)CC3)CC(=O)N(C3CC3)C2=O)cc1. The lowest BCUT2D eigenvalue weighted by Gasteiger charge is -2.35.